The van der Waals surface area contributed by atoms with E-state index in [-0.39, 0.29) is 6.54 Å². The van der Waals surface area contributed by atoms with Crippen molar-refractivity contribution in [2.45, 2.75) is 71.1 Å². The van der Waals surface area contributed by atoms with Crippen LogP contribution in [0.15, 0.2) is 41.3 Å². The van der Waals surface area contributed by atoms with Crippen LogP contribution in [-0.4, -0.2) is 26.7 Å². The summed E-state index contributed by atoms with van der Waals surface area (Å²) in [6.45, 7) is 13.9. The van der Waals surface area contributed by atoms with E-state index in [1.165, 1.54) is 0 Å². The van der Waals surface area contributed by atoms with Crippen LogP contribution in [0.1, 0.15) is 49.9 Å². The van der Waals surface area contributed by atoms with Gasteiger partial charge in [0.25, 0.3) is 0 Å². The molecule has 0 aliphatic carbocycles. The van der Waals surface area contributed by atoms with Crippen LogP contribution >= 0.6 is 0 Å². The van der Waals surface area contributed by atoms with Gasteiger partial charge in [-0.1, -0.05) is 42.0 Å². The monoisotopic (exact) mass is 415 g/mol. The molecule has 0 unspecified atom stereocenters. The fraction of sp³-hybridized carbons (Fsp3) is 0.455. The minimum atomic E-state index is -3.59. The summed E-state index contributed by atoms with van der Waals surface area (Å²) in [6.07, 6.45) is 0. The topological polar surface area (TPSA) is 64.6 Å². The Bertz CT molecular complexity index is 975. The Kier molecular flexibility index (Phi) is 5.73. The second-order valence-electron chi connectivity index (χ2n) is 8.88. The molecule has 3 rings (SSSR count). The molecule has 1 N–H and O–H groups in total. The van der Waals surface area contributed by atoms with Gasteiger partial charge in [0.1, 0.15) is 0 Å². The van der Waals surface area contributed by atoms with Crippen molar-refractivity contribution in [3.05, 3.63) is 58.7 Å². The van der Waals surface area contributed by atoms with Crippen molar-refractivity contribution in [1.29, 1.82) is 0 Å². The Morgan fingerprint density at radius 1 is 0.897 bits per heavy atom. The maximum absolute atomic E-state index is 12.8. The fourth-order valence-electron chi connectivity index (χ4n) is 3.61. The van der Waals surface area contributed by atoms with Gasteiger partial charge in [0.05, 0.1) is 16.1 Å². The van der Waals surface area contributed by atoms with E-state index >= 15 is 0 Å². The molecule has 1 aliphatic heterocycles. The highest BCUT2D eigenvalue weighted by atomic mass is 32.2. The van der Waals surface area contributed by atoms with Gasteiger partial charge in [-0.25, -0.2) is 13.1 Å². The highest BCUT2D eigenvalue weighted by Crippen LogP contribution is 2.36. The zero-order valence-corrected chi connectivity index (χ0v) is 19.1. The normalized spacial score (nSPS) is 18.2. The summed E-state index contributed by atoms with van der Waals surface area (Å²) in [5.74, 6) is 0. The second-order valence-corrected chi connectivity index (χ2v) is 10.6. The molecular weight excluding hydrogens is 385 g/mol. The molecule has 29 heavy (non-hydrogen) atoms. The van der Waals surface area contributed by atoms with Crippen molar-refractivity contribution in [2.24, 2.45) is 0 Å². The molecule has 0 radical (unpaired) electrons. The summed E-state index contributed by atoms with van der Waals surface area (Å²) >= 11 is 0. The third-order valence-corrected chi connectivity index (χ3v) is 7.55. The number of hydrogen-bond donors (Lipinski definition) is 1. The molecule has 1 heterocycles. The first-order valence-electron chi connectivity index (χ1n) is 9.84. The summed E-state index contributed by atoms with van der Waals surface area (Å²) in [6, 6.07) is 11.4. The van der Waals surface area contributed by atoms with E-state index in [0.717, 1.165) is 27.7 Å². The third-order valence-electron chi connectivity index (χ3n) is 5.84. The zero-order chi connectivity index (χ0) is 21.6. The van der Waals surface area contributed by atoms with E-state index in [9.17, 15) is 8.42 Å². The smallest absolute Gasteiger partial charge is 0.399 e. The first-order valence-corrected chi connectivity index (χ1v) is 11.3. The van der Waals surface area contributed by atoms with Crippen LogP contribution in [0.4, 0.5) is 0 Å². The van der Waals surface area contributed by atoms with Gasteiger partial charge in [-0.05, 0) is 70.6 Å². The lowest BCUT2D eigenvalue weighted by Gasteiger charge is -2.32. The summed E-state index contributed by atoms with van der Waals surface area (Å²) in [4.78, 5) is 0.358. The molecule has 0 spiro atoms. The Balaban J connectivity index is 1.71. The number of nitrogens with one attached hydrogen (secondary N) is 1. The first kappa shape index (κ1) is 22.0. The standard InChI is InChI=1S/C22H30BNO4S/c1-15-12-16(2)20(17(3)13-15)29(25,26)24-14-18-8-10-19(11-9-18)23-27-21(4,5)22(6,7)28-23/h8-13,24H,14H2,1-7H3. The van der Waals surface area contributed by atoms with Gasteiger partial charge in [-0.2, -0.15) is 0 Å². The van der Waals surface area contributed by atoms with Gasteiger partial charge in [-0.15, -0.1) is 0 Å². The molecule has 2 aromatic carbocycles. The summed E-state index contributed by atoms with van der Waals surface area (Å²) < 4.78 is 40.5. The fourth-order valence-corrected chi connectivity index (χ4v) is 5.08. The van der Waals surface area contributed by atoms with E-state index in [4.69, 9.17) is 9.31 Å². The van der Waals surface area contributed by atoms with Crippen molar-refractivity contribution in [3.8, 4) is 0 Å². The Labute approximate surface area is 175 Å². The van der Waals surface area contributed by atoms with E-state index in [1.807, 2.05) is 84.9 Å². The Morgan fingerprint density at radius 3 is 1.86 bits per heavy atom. The molecule has 156 valence electrons. The van der Waals surface area contributed by atoms with Crippen LogP contribution in [0.3, 0.4) is 0 Å². The lowest BCUT2D eigenvalue weighted by Crippen LogP contribution is -2.41. The molecule has 0 amide bonds. The number of aryl methyl sites for hydroxylation is 3. The minimum absolute atomic E-state index is 0.221. The average Bonchev–Trinajstić information content (AvgIpc) is 2.80. The SMILES string of the molecule is Cc1cc(C)c(S(=O)(=O)NCc2ccc(B3OC(C)(C)C(C)(C)O3)cc2)c(C)c1. The van der Waals surface area contributed by atoms with Gasteiger partial charge < -0.3 is 9.31 Å². The van der Waals surface area contributed by atoms with Crippen LogP contribution in [0, 0.1) is 20.8 Å². The molecule has 1 aliphatic rings. The Hall–Kier alpha value is -1.67. The highest BCUT2D eigenvalue weighted by molar-refractivity contribution is 7.89. The van der Waals surface area contributed by atoms with Crippen LogP contribution < -0.4 is 10.2 Å². The van der Waals surface area contributed by atoms with Crippen LogP contribution in [-0.2, 0) is 25.9 Å². The number of hydrogen-bond acceptors (Lipinski definition) is 4. The highest BCUT2D eigenvalue weighted by Gasteiger charge is 2.51. The number of benzene rings is 2. The lowest BCUT2D eigenvalue weighted by atomic mass is 9.79. The largest absolute Gasteiger partial charge is 0.494 e. The maximum atomic E-state index is 12.8. The van der Waals surface area contributed by atoms with Crippen molar-refractivity contribution in [3.63, 3.8) is 0 Å². The van der Waals surface area contributed by atoms with Crippen molar-refractivity contribution in [2.75, 3.05) is 0 Å². The van der Waals surface area contributed by atoms with Gasteiger partial charge in [-0.3, -0.25) is 0 Å². The average molecular weight is 415 g/mol. The lowest BCUT2D eigenvalue weighted by molar-refractivity contribution is 0.00578. The van der Waals surface area contributed by atoms with Gasteiger partial charge >= 0.3 is 7.12 Å². The van der Waals surface area contributed by atoms with E-state index in [2.05, 4.69) is 4.72 Å². The van der Waals surface area contributed by atoms with Crippen LogP contribution in [0.5, 0.6) is 0 Å². The molecule has 5 nitrogen and oxygen atoms in total. The zero-order valence-electron chi connectivity index (χ0n) is 18.3. The summed E-state index contributed by atoms with van der Waals surface area (Å²) in [5, 5.41) is 0. The van der Waals surface area contributed by atoms with Crippen molar-refractivity contribution < 1.29 is 17.7 Å². The van der Waals surface area contributed by atoms with Gasteiger partial charge in [0.2, 0.25) is 10.0 Å². The molecular formula is C22H30BNO4S. The van der Waals surface area contributed by atoms with Crippen molar-refractivity contribution in [1.82, 2.24) is 4.72 Å². The molecule has 1 saturated heterocycles. The third kappa shape index (κ3) is 4.43. The predicted molar refractivity (Wildman–Crippen MR) is 117 cm³/mol. The molecule has 0 aromatic heterocycles. The molecule has 2 aromatic rings. The maximum Gasteiger partial charge on any atom is 0.494 e. The quantitative estimate of drug-likeness (QED) is 0.761. The van der Waals surface area contributed by atoms with Crippen LogP contribution in [0.2, 0.25) is 0 Å². The van der Waals surface area contributed by atoms with E-state index < -0.39 is 28.3 Å². The van der Waals surface area contributed by atoms with Crippen LogP contribution in [0.25, 0.3) is 0 Å². The number of sulfonamides is 1. The molecule has 1 fully saturated rings. The van der Waals surface area contributed by atoms with E-state index in [1.54, 1.807) is 0 Å². The molecule has 7 heteroatoms. The van der Waals surface area contributed by atoms with Gasteiger partial charge in [0.15, 0.2) is 0 Å². The summed E-state index contributed by atoms with van der Waals surface area (Å²) in [7, 11) is -4.02. The van der Waals surface area contributed by atoms with E-state index in [0.29, 0.717) is 4.90 Å². The van der Waals surface area contributed by atoms with Gasteiger partial charge in [0, 0.05) is 6.54 Å². The second kappa shape index (κ2) is 7.54. The predicted octanol–water partition coefficient (Wildman–Crippen LogP) is 3.39. The minimum Gasteiger partial charge on any atom is -0.399 e. The molecule has 0 saturated carbocycles. The van der Waals surface area contributed by atoms with Crippen molar-refractivity contribution >= 4 is 22.6 Å². The Morgan fingerprint density at radius 2 is 1.38 bits per heavy atom. The summed E-state index contributed by atoms with van der Waals surface area (Å²) in [5.41, 5.74) is 3.57. The first-order chi connectivity index (χ1) is 13.3. The molecule has 0 atom stereocenters. The number of rotatable bonds is 5. The molecule has 0 bridgehead atoms.